The molecule has 4 radical (unpaired) electrons. The van der Waals surface area contributed by atoms with Crippen molar-refractivity contribution in [3.05, 3.63) is 144 Å². The first kappa shape index (κ1) is 30.0. The molecule has 3 heteroatoms. The van der Waals surface area contributed by atoms with Crippen LogP contribution in [0.25, 0.3) is 20.0 Å². The quantitative estimate of drug-likeness (QED) is 0.182. The fourth-order valence-corrected chi connectivity index (χ4v) is 7.41. The van der Waals surface area contributed by atoms with Gasteiger partial charge in [0.25, 0.3) is 0 Å². The van der Waals surface area contributed by atoms with Gasteiger partial charge in [0.1, 0.15) is 0 Å². The van der Waals surface area contributed by atoms with E-state index >= 15 is 0 Å². The van der Waals surface area contributed by atoms with Gasteiger partial charge in [0.15, 0.2) is 0 Å². The molecule has 0 unspecified atom stereocenters. The standard InChI is InChI=1S/C28H20Ge.6CH3.2Sn/c1-5-13-21(14-6-1)25-26(22-15-7-2-8-16-22)28(24-19-11-4-12-20-24)29-27(25)23-17-9-3-10-18-23;;;;;;;;/h1-20H;6*1H3;;. The Bertz CT molecular complexity index is 1170. The van der Waals surface area contributed by atoms with Crippen LogP contribution < -0.4 is 0 Å². The zero-order valence-electron chi connectivity index (χ0n) is 23.0. The molecule has 5 rings (SSSR count). The molecule has 0 nitrogen and oxygen atoms in total. The van der Waals surface area contributed by atoms with Gasteiger partial charge in [-0.15, -0.1) is 0 Å². The van der Waals surface area contributed by atoms with E-state index in [1.807, 2.05) is 0 Å². The third-order valence-corrected chi connectivity index (χ3v) is 8.56. The Morgan fingerprint density at radius 2 is 0.568 bits per heavy atom. The van der Waals surface area contributed by atoms with Crippen LogP contribution in [0.15, 0.2) is 121 Å². The number of hydrogen-bond acceptors (Lipinski definition) is 0. The van der Waals surface area contributed by atoms with Crippen LogP contribution >= 0.6 is 0 Å². The van der Waals surface area contributed by atoms with Gasteiger partial charge in [0.05, 0.1) is 0 Å². The van der Waals surface area contributed by atoms with E-state index in [0.717, 1.165) is 0 Å². The van der Waals surface area contributed by atoms with E-state index in [9.17, 15) is 0 Å². The van der Waals surface area contributed by atoms with Gasteiger partial charge in [-0.3, -0.25) is 0 Å². The summed E-state index contributed by atoms with van der Waals surface area (Å²) >= 11 is -1.58. The van der Waals surface area contributed by atoms with Gasteiger partial charge in [-0.05, 0) is 0 Å². The van der Waals surface area contributed by atoms with E-state index < -0.39 is 55.0 Å². The molecule has 0 aliphatic carbocycles. The van der Waals surface area contributed by atoms with Crippen LogP contribution in [0.3, 0.4) is 0 Å². The van der Waals surface area contributed by atoms with Gasteiger partial charge in [0, 0.05) is 0 Å². The predicted molar refractivity (Wildman–Crippen MR) is 172 cm³/mol. The van der Waals surface area contributed by atoms with E-state index in [4.69, 9.17) is 0 Å². The summed E-state index contributed by atoms with van der Waals surface area (Å²) in [5.74, 6) is 0. The molecule has 4 aromatic rings. The third-order valence-electron chi connectivity index (χ3n) is 5.25. The predicted octanol–water partition coefficient (Wildman–Crippen LogP) is 9.58. The normalized spacial score (nSPS) is 12.8. The summed E-state index contributed by atoms with van der Waals surface area (Å²) in [4.78, 5) is 14.2. The summed E-state index contributed by atoms with van der Waals surface area (Å²) < 4.78 is 3.05. The SMILES string of the molecule is [CH3][Sn]([CH3])[CH3].[CH3][Sn]([CH3])[CH3].c1ccc([C]2=C(c3ccccc3)C(c3ccccc3)=[C](c3ccccc3)[Ge]2)cc1. The molecule has 0 fully saturated rings. The van der Waals surface area contributed by atoms with Gasteiger partial charge in [0.2, 0.25) is 0 Å². The Morgan fingerprint density at radius 3 is 0.811 bits per heavy atom. The molecule has 1 heterocycles. The zero-order valence-corrected chi connectivity index (χ0v) is 30.9. The van der Waals surface area contributed by atoms with E-state index in [2.05, 4.69) is 151 Å². The summed E-state index contributed by atoms with van der Waals surface area (Å²) in [7, 11) is 0. The maximum atomic E-state index is 2.36. The van der Waals surface area contributed by atoms with Crippen LogP contribution in [-0.2, 0) is 0 Å². The fraction of sp³-hybridized carbons (Fsp3) is 0.176. The van der Waals surface area contributed by atoms with Crippen molar-refractivity contribution in [2.45, 2.75) is 29.6 Å². The van der Waals surface area contributed by atoms with Gasteiger partial charge in [-0.1, -0.05) is 0 Å². The fourth-order valence-electron chi connectivity index (χ4n) is 3.93. The van der Waals surface area contributed by atoms with Crippen molar-refractivity contribution in [3.8, 4) is 0 Å². The molecule has 4 aromatic carbocycles. The minimum absolute atomic E-state index is 0.490. The average Bonchev–Trinajstić information content (AvgIpc) is 3.31. The first-order valence-corrected chi connectivity index (χ1v) is 32.1. The van der Waals surface area contributed by atoms with Crippen LogP contribution in [0.2, 0.25) is 29.6 Å². The van der Waals surface area contributed by atoms with Crippen LogP contribution in [0.5, 0.6) is 0 Å². The monoisotopic (exact) mass is 760 g/mol. The van der Waals surface area contributed by atoms with E-state index in [0.29, 0.717) is 0 Å². The van der Waals surface area contributed by atoms with Gasteiger partial charge in [-0.2, -0.15) is 0 Å². The van der Waals surface area contributed by atoms with Crippen molar-refractivity contribution in [2.24, 2.45) is 0 Å². The Hall–Kier alpha value is -1.50. The van der Waals surface area contributed by atoms with Gasteiger partial charge >= 0.3 is 248 Å². The second-order valence-electron chi connectivity index (χ2n) is 10.1. The second-order valence-corrected chi connectivity index (χ2v) is 29.8. The Kier molecular flexibility index (Phi) is 12.8. The molecule has 0 saturated carbocycles. The number of hydrogen-bond donors (Lipinski definition) is 0. The maximum absolute atomic E-state index is 2.36. The Morgan fingerprint density at radius 1 is 0.351 bits per heavy atom. The molecule has 1 aliphatic rings. The molecular formula is C34H38GeSn2. The topological polar surface area (TPSA) is 0 Å². The van der Waals surface area contributed by atoms with E-state index in [1.54, 1.807) is 0 Å². The van der Waals surface area contributed by atoms with Crippen molar-refractivity contribution < 1.29 is 0 Å². The summed E-state index contributed by atoms with van der Waals surface area (Å²) in [5.41, 5.74) is 8.12. The van der Waals surface area contributed by atoms with Crippen LogP contribution in [0.1, 0.15) is 22.3 Å². The number of allylic oxidation sites excluding steroid dienone is 2. The summed E-state index contributed by atoms with van der Waals surface area (Å²) in [6.45, 7) is 0. The van der Waals surface area contributed by atoms with Crippen LogP contribution in [0.4, 0.5) is 0 Å². The minimum atomic E-state index is -0.543. The number of rotatable bonds is 4. The molecule has 0 amide bonds. The van der Waals surface area contributed by atoms with Gasteiger partial charge in [-0.25, -0.2) is 0 Å². The van der Waals surface area contributed by atoms with Crippen molar-refractivity contribution in [1.82, 2.24) is 0 Å². The van der Waals surface area contributed by atoms with Crippen LogP contribution in [-0.4, -0.2) is 55.0 Å². The van der Waals surface area contributed by atoms with Crippen molar-refractivity contribution >= 4 is 74.9 Å². The van der Waals surface area contributed by atoms with E-state index in [-0.39, 0.29) is 0 Å². The summed E-state index contributed by atoms with van der Waals surface area (Å²) in [6, 6.07) is 43.7. The van der Waals surface area contributed by atoms with Crippen molar-refractivity contribution in [1.29, 1.82) is 0 Å². The molecule has 0 spiro atoms. The van der Waals surface area contributed by atoms with Crippen molar-refractivity contribution in [3.63, 3.8) is 0 Å². The molecule has 0 aromatic heterocycles. The second kappa shape index (κ2) is 15.8. The zero-order chi connectivity index (χ0) is 26.6. The number of benzene rings is 4. The molecule has 37 heavy (non-hydrogen) atoms. The summed E-state index contributed by atoms with van der Waals surface area (Å²) in [6.07, 6.45) is 0. The summed E-state index contributed by atoms with van der Waals surface area (Å²) in [5, 5.41) is 0. The molecular weight excluding hydrogens is 718 g/mol. The molecule has 0 atom stereocenters. The molecule has 0 N–H and O–H groups in total. The van der Waals surface area contributed by atoms with Crippen LogP contribution in [0, 0.1) is 0 Å². The first-order chi connectivity index (χ1) is 17.9. The van der Waals surface area contributed by atoms with Gasteiger partial charge < -0.3 is 0 Å². The molecule has 186 valence electrons. The molecule has 1 aliphatic heterocycles. The Labute approximate surface area is 245 Å². The first-order valence-electron chi connectivity index (χ1n) is 12.9. The van der Waals surface area contributed by atoms with Crippen molar-refractivity contribution in [2.75, 3.05) is 0 Å². The van der Waals surface area contributed by atoms with E-state index in [1.165, 1.54) is 42.2 Å². The molecule has 0 bridgehead atoms. The molecule has 0 saturated heterocycles. The Balaban J connectivity index is 0.000000420. The average molecular weight is 757 g/mol. The third kappa shape index (κ3) is 9.33.